The summed E-state index contributed by atoms with van der Waals surface area (Å²) in [6.07, 6.45) is 1.44. The maximum absolute atomic E-state index is 7.98. The maximum atomic E-state index is 7.98. The van der Waals surface area contributed by atoms with E-state index in [0.29, 0.717) is 5.88 Å². The number of halogens is 1. The summed E-state index contributed by atoms with van der Waals surface area (Å²) in [7, 11) is 0. The monoisotopic (exact) mass is 115 g/mol. The van der Waals surface area contributed by atoms with Gasteiger partial charge in [0.05, 0.1) is 6.07 Å². The Bertz CT molecular complexity index is 110. The van der Waals surface area contributed by atoms with Crippen LogP contribution in [-0.2, 0) is 0 Å². The molecular weight excluding hydrogens is 110 g/mol. The SMILES string of the molecule is C/C(=C/C#N)CCl. The molecular formula is C5H6ClN. The fourth-order valence-electron chi connectivity index (χ4n) is 0.149. The van der Waals surface area contributed by atoms with Gasteiger partial charge in [0, 0.05) is 12.0 Å². The molecule has 2 heteroatoms. The van der Waals surface area contributed by atoms with Crippen molar-refractivity contribution in [2.24, 2.45) is 0 Å². The molecule has 0 aromatic rings. The lowest BCUT2D eigenvalue weighted by atomic mass is 10.3. The predicted octanol–water partition coefficient (Wildman–Crippen LogP) is 1.70. The van der Waals surface area contributed by atoms with Crippen molar-refractivity contribution in [3.8, 4) is 6.07 Å². The van der Waals surface area contributed by atoms with Gasteiger partial charge in [0.1, 0.15) is 0 Å². The minimum atomic E-state index is 0.452. The van der Waals surface area contributed by atoms with Crippen molar-refractivity contribution >= 4 is 11.6 Å². The Kier molecular flexibility index (Phi) is 3.45. The van der Waals surface area contributed by atoms with E-state index >= 15 is 0 Å². The molecule has 0 radical (unpaired) electrons. The summed E-state index contributed by atoms with van der Waals surface area (Å²) in [4.78, 5) is 0. The molecule has 0 N–H and O–H groups in total. The van der Waals surface area contributed by atoms with Gasteiger partial charge in [-0.3, -0.25) is 0 Å². The van der Waals surface area contributed by atoms with E-state index in [1.807, 2.05) is 13.0 Å². The van der Waals surface area contributed by atoms with Crippen LogP contribution >= 0.6 is 11.6 Å². The normalized spacial score (nSPS) is 10.7. The van der Waals surface area contributed by atoms with E-state index in [0.717, 1.165) is 5.57 Å². The molecule has 7 heavy (non-hydrogen) atoms. The molecule has 0 saturated carbocycles. The first kappa shape index (κ1) is 6.52. The minimum absolute atomic E-state index is 0.452. The largest absolute Gasteiger partial charge is 0.193 e. The van der Waals surface area contributed by atoms with Crippen LogP contribution in [0.4, 0.5) is 0 Å². The summed E-state index contributed by atoms with van der Waals surface area (Å²) in [6, 6.07) is 1.87. The molecule has 0 spiro atoms. The highest BCUT2D eigenvalue weighted by atomic mass is 35.5. The van der Waals surface area contributed by atoms with Gasteiger partial charge in [0.25, 0.3) is 0 Å². The summed E-state index contributed by atoms with van der Waals surface area (Å²) < 4.78 is 0. The Morgan fingerprint density at radius 1 is 2.00 bits per heavy atom. The Balaban J connectivity index is 3.56. The second-order valence-electron chi connectivity index (χ2n) is 1.25. The third-order valence-electron chi connectivity index (χ3n) is 0.522. The van der Waals surface area contributed by atoms with Crippen molar-refractivity contribution in [1.29, 1.82) is 5.26 Å². The zero-order valence-corrected chi connectivity index (χ0v) is 4.87. The first-order valence-corrected chi connectivity index (χ1v) is 2.46. The molecule has 0 saturated heterocycles. The summed E-state index contributed by atoms with van der Waals surface area (Å²) >= 11 is 5.31. The molecule has 0 aromatic heterocycles. The van der Waals surface area contributed by atoms with E-state index < -0.39 is 0 Å². The molecule has 0 heterocycles. The van der Waals surface area contributed by atoms with Crippen LogP contribution in [0.1, 0.15) is 6.92 Å². The summed E-state index contributed by atoms with van der Waals surface area (Å²) in [5.41, 5.74) is 0.907. The Hall–Kier alpha value is -0.480. The van der Waals surface area contributed by atoms with Crippen molar-refractivity contribution < 1.29 is 0 Å². The molecule has 0 aromatic carbocycles. The van der Waals surface area contributed by atoms with Crippen LogP contribution in [0.5, 0.6) is 0 Å². The van der Waals surface area contributed by atoms with Crippen molar-refractivity contribution in [1.82, 2.24) is 0 Å². The lowest BCUT2D eigenvalue weighted by Crippen LogP contribution is -1.71. The number of rotatable bonds is 1. The number of hydrogen-bond acceptors (Lipinski definition) is 1. The molecule has 0 bridgehead atoms. The maximum Gasteiger partial charge on any atom is 0.0911 e. The Morgan fingerprint density at radius 2 is 2.57 bits per heavy atom. The second-order valence-corrected chi connectivity index (χ2v) is 1.52. The van der Waals surface area contributed by atoms with Gasteiger partial charge in [0.2, 0.25) is 0 Å². The van der Waals surface area contributed by atoms with Crippen molar-refractivity contribution in [3.05, 3.63) is 11.6 Å². The second kappa shape index (κ2) is 3.70. The summed E-state index contributed by atoms with van der Waals surface area (Å²) in [5, 5.41) is 7.98. The number of allylic oxidation sites excluding steroid dienone is 2. The van der Waals surface area contributed by atoms with Crippen LogP contribution in [-0.4, -0.2) is 5.88 Å². The smallest absolute Gasteiger partial charge is 0.0911 e. The molecule has 0 rings (SSSR count). The lowest BCUT2D eigenvalue weighted by Gasteiger charge is -1.81. The standard InChI is InChI=1S/C5H6ClN/c1-5(4-6)2-3-7/h2H,4H2,1H3/b5-2-. The first-order valence-electron chi connectivity index (χ1n) is 1.92. The molecule has 0 aliphatic rings. The Morgan fingerprint density at radius 3 is 2.71 bits per heavy atom. The van der Waals surface area contributed by atoms with E-state index in [1.54, 1.807) is 0 Å². The number of nitriles is 1. The van der Waals surface area contributed by atoms with Crippen LogP contribution in [0.2, 0.25) is 0 Å². The van der Waals surface area contributed by atoms with Gasteiger partial charge in [-0.15, -0.1) is 11.6 Å². The fourth-order valence-corrected chi connectivity index (χ4v) is 0.226. The highest BCUT2D eigenvalue weighted by Crippen LogP contribution is 1.92. The Labute approximate surface area is 48.2 Å². The molecule has 0 aliphatic heterocycles. The predicted molar refractivity (Wildman–Crippen MR) is 30.1 cm³/mol. The third kappa shape index (κ3) is 3.35. The highest BCUT2D eigenvalue weighted by Gasteiger charge is 1.78. The fraction of sp³-hybridized carbons (Fsp3) is 0.400. The summed E-state index contributed by atoms with van der Waals surface area (Å²) in [5.74, 6) is 0.452. The van der Waals surface area contributed by atoms with Crippen LogP contribution < -0.4 is 0 Å². The van der Waals surface area contributed by atoms with Crippen molar-refractivity contribution in [3.63, 3.8) is 0 Å². The topological polar surface area (TPSA) is 23.8 Å². The van der Waals surface area contributed by atoms with Crippen LogP contribution in [0.3, 0.4) is 0 Å². The zero-order valence-electron chi connectivity index (χ0n) is 4.11. The third-order valence-corrected chi connectivity index (χ3v) is 0.943. The van der Waals surface area contributed by atoms with Crippen LogP contribution in [0.25, 0.3) is 0 Å². The van der Waals surface area contributed by atoms with Crippen molar-refractivity contribution in [2.75, 3.05) is 5.88 Å². The van der Waals surface area contributed by atoms with Gasteiger partial charge in [-0.1, -0.05) is 0 Å². The van der Waals surface area contributed by atoms with E-state index in [2.05, 4.69) is 0 Å². The molecule has 0 amide bonds. The van der Waals surface area contributed by atoms with Gasteiger partial charge in [-0.05, 0) is 12.5 Å². The number of alkyl halides is 1. The van der Waals surface area contributed by atoms with Gasteiger partial charge in [-0.25, -0.2) is 0 Å². The molecule has 1 nitrogen and oxygen atoms in total. The highest BCUT2D eigenvalue weighted by molar-refractivity contribution is 6.19. The lowest BCUT2D eigenvalue weighted by molar-refractivity contribution is 1.39. The zero-order chi connectivity index (χ0) is 5.70. The molecule has 0 fully saturated rings. The number of hydrogen-bond donors (Lipinski definition) is 0. The molecule has 0 atom stereocenters. The van der Waals surface area contributed by atoms with Crippen LogP contribution in [0, 0.1) is 11.3 Å². The molecule has 0 aliphatic carbocycles. The quantitative estimate of drug-likeness (QED) is 0.377. The van der Waals surface area contributed by atoms with E-state index in [-0.39, 0.29) is 0 Å². The van der Waals surface area contributed by atoms with Crippen LogP contribution in [0.15, 0.2) is 11.6 Å². The van der Waals surface area contributed by atoms with Gasteiger partial charge in [0.15, 0.2) is 0 Å². The van der Waals surface area contributed by atoms with Gasteiger partial charge in [-0.2, -0.15) is 5.26 Å². The summed E-state index contributed by atoms with van der Waals surface area (Å²) in [6.45, 7) is 1.82. The molecule has 0 unspecified atom stereocenters. The first-order chi connectivity index (χ1) is 3.31. The number of nitrogens with zero attached hydrogens (tertiary/aromatic N) is 1. The minimum Gasteiger partial charge on any atom is -0.193 e. The average molecular weight is 116 g/mol. The van der Waals surface area contributed by atoms with E-state index in [1.165, 1.54) is 6.08 Å². The average Bonchev–Trinajstić information content (AvgIpc) is 1.68. The van der Waals surface area contributed by atoms with E-state index in [9.17, 15) is 0 Å². The van der Waals surface area contributed by atoms with E-state index in [4.69, 9.17) is 16.9 Å². The molecule has 38 valence electrons. The van der Waals surface area contributed by atoms with Gasteiger partial charge >= 0.3 is 0 Å². The van der Waals surface area contributed by atoms with Gasteiger partial charge < -0.3 is 0 Å². The van der Waals surface area contributed by atoms with Crippen molar-refractivity contribution in [2.45, 2.75) is 6.92 Å².